The minimum absolute atomic E-state index is 0.0901. The van der Waals surface area contributed by atoms with Crippen LogP contribution >= 0.6 is 33.3 Å². The monoisotopic (exact) mass is 360 g/mol. The van der Waals surface area contributed by atoms with Crippen LogP contribution in [0.5, 0.6) is 0 Å². The number of hydrogen-bond acceptors (Lipinski definition) is 4. The van der Waals surface area contributed by atoms with E-state index in [-0.39, 0.29) is 14.0 Å². The van der Waals surface area contributed by atoms with Crippen molar-refractivity contribution in [3.63, 3.8) is 0 Å². The molecule has 0 unspecified atom stereocenters. The number of halogens is 2. The number of carbonyl (C=O) groups excluding carboxylic acids is 1. The highest BCUT2D eigenvalue weighted by molar-refractivity contribution is 14.1. The molecule has 82 valence electrons. The van der Waals surface area contributed by atoms with Crippen LogP contribution in [0.15, 0.2) is 23.1 Å². The fraction of sp³-hybridized carbons (Fsp3) is 0.125. The zero-order valence-corrected chi connectivity index (χ0v) is 11.3. The number of carbonyl (C=O) groups is 1. The van der Waals surface area contributed by atoms with E-state index < -0.39 is 15.0 Å². The Kier molecular flexibility index (Phi) is 3.96. The first kappa shape index (κ1) is 12.7. The molecule has 0 fully saturated rings. The second-order valence-corrected chi connectivity index (χ2v) is 6.16. The number of esters is 1. The van der Waals surface area contributed by atoms with Gasteiger partial charge in [0, 0.05) is 14.3 Å². The van der Waals surface area contributed by atoms with Gasteiger partial charge in [0.05, 0.1) is 17.6 Å². The van der Waals surface area contributed by atoms with Crippen molar-refractivity contribution in [1.29, 1.82) is 0 Å². The molecule has 0 aromatic heterocycles. The standard InChI is InChI=1S/C8H6ClIO4S/c1-14-8(11)5-3-2-4-6(7(5)10)15(9,12)13/h2-4H,1H3. The largest absolute Gasteiger partial charge is 0.465 e. The van der Waals surface area contributed by atoms with E-state index in [9.17, 15) is 13.2 Å². The molecule has 0 amide bonds. The average molecular weight is 361 g/mol. The maximum absolute atomic E-state index is 11.2. The molecule has 0 saturated heterocycles. The molecule has 0 heterocycles. The molecule has 1 aromatic rings. The van der Waals surface area contributed by atoms with E-state index in [0.717, 1.165) is 0 Å². The molecule has 0 aliphatic heterocycles. The predicted octanol–water partition coefficient (Wildman–Crippen LogP) is 2.01. The molecule has 0 bridgehead atoms. The number of rotatable bonds is 2. The third kappa shape index (κ3) is 2.82. The van der Waals surface area contributed by atoms with Gasteiger partial charge in [-0.25, -0.2) is 13.2 Å². The van der Waals surface area contributed by atoms with E-state index in [4.69, 9.17) is 10.7 Å². The van der Waals surface area contributed by atoms with Gasteiger partial charge >= 0.3 is 5.97 Å². The normalized spacial score (nSPS) is 11.1. The molecular weight excluding hydrogens is 355 g/mol. The van der Waals surface area contributed by atoms with Gasteiger partial charge in [-0.05, 0) is 34.7 Å². The van der Waals surface area contributed by atoms with Gasteiger partial charge < -0.3 is 4.74 Å². The van der Waals surface area contributed by atoms with Gasteiger partial charge in [-0.1, -0.05) is 6.07 Å². The van der Waals surface area contributed by atoms with Crippen molar-refractivity contribution < 1.29 is 17.9 Å². The van der Waals surface area contributed by atoms with Crippen LogP contribution in [-0.2, 0) is 13.8 Å². The Morgan fingerprint density at radius 3 is 2.53 bits per heavy atom. The first-order chi connectivity index (χ1) is 6.88. The zero-order chi connectivity index (χ0) is 11.6. The molecule has 0 N–H and O–H groups in total. The van der Waals surface area contributed by atoms with E-state index in [1.807, 2.05) is 0 Å². The van der Waals surface area contributed by atoms with Gasteiger partial charge in [-0.3, -0.25) is 0 Å². The van der Waals surface area contributed by atoms with Crippen molar-refractivity contribution >= 4 is 48.3 Å². The molecule has 0 aliphatic rings. The molecule has 7 heteroatoms. The summed E-state index contributed by atoms with van der Waals surface area (Å²) in [5.74, 6) is -0.596. The topological polar surface area (TPSA) is 60.4 Å². The van der Waals surface area contributed by atoms with Crippen molar-refractivity contribution in [1.82, 2.24) is 0 Å². The smallest absolute Gasteiger partial charge is 0.338 e. The fourth-order valence-electron chi connectivity index (χ4n) is 0.967. The minimum Gasteiger partial charge on any atom is -0.465 e. The highest BCUT2D eigenvalue weighted by Gasteiger charge is 2.20. The molecule has 4 nitrogen and oxygen atoms in total. The van der Waals surface area contributed by atoms with Crippen molar-refractivity contribution in [2.45, 2.75) is 4.90 Å². The summed E-state index contributed by atoms with van der Waals surface area (Å²) < 4.78 is 27.0. The van der Waals surface area contributed by atoms with Crippen LogP contribution in [0.25, 0.3) is 0 Å². The minimum atomic E-state index is -3.84. The second-order valence-electron chi connectivity index (χ2n) is 2.55. The van der Waals surface area contributed by atoms with Crippen molar-refractivity contribution in [3.8, 4) is 0 Å². The quantitative estimate of drug-likeness (QED) is 0.460. The second kappa shape index (κ2) is 4.67. The van der Waals surface area contributed by atoms with Crippen molar-refractivity contribution in [3.05, 3.63) is 27.3 Å². The Balaban J connectivity index is 3.43. The summed E-state index contributed by atoms with van der Waals surface area (Å²) in [6.45, 7) is 0. The predicted molar refractivity (Wildman–Crippen MR) is 63.5 cm³/mol. The average Bonchev–Trinajstić information content (AvgIpc) is 2.15. The SMILES string of the molecule is COC(=O)c1cccc(S(=O)(=O)Cl)c1I. The maximum Gasteiger partial charge on any atom is 0.338 e. The van der Waals surface area contributed by atoms with E-state index >= 15 is 0 Å². The number of benzene rings is 1. The molecule has 0 atom stereocenters. The molecule has 1 aromatic carbocycles. The summed E-state index contributed by atoms with van der Waals surface area (Å²) in [5.41, 5.74) is 0.180. The number of hydrogen-bond donors (Lipinski definition) is 0. The molecule has 0 radical (unpaired) electrons. The van der Waals surface area contributed by atoms with Crippen molar-refractivity contribution in [2.75, 3.05) is 7.11 Å². The summed E-state index contributed by atoms with van der Waals surface area (Å²) in [6.07, 6.45) is 0. The van der Waals surface area contributed by atoms with Crippen LogP contribution in [0.1, 0.15) is 10.4 Å². The van der Waals surface area contributed by atoms with Crippen LogP contribution < -0.4 is 0 Å². The Morgan fingerprint density at radius 1 is 1.47 bits per heavy atom. The summed E-state index contributed by atoms with van der Waals surface area (Å²) in [7, 11) is 2.58. The van der Waals surface area contributed by atoms with E-state index in [0.29, 0.717) is 0 Å². The Hall–Kier alpha value is -0.340. The van der Waals surface area contributed by atoms with Crippen LogP contribution in [0.2, 0.25) is 0 Å². The first-order valence-electron chi connectivity index (χ1n) is 3.69. The van der Waals surface area contributed by atoms with Gasteiger partial charge in [0.2, 0.25) is 0 Å². The fourth-order valence-corrected chi connectivity index (χ4v) is 3.76. The first-order valence-corrected chi connectivity index (χ1v) is 7.08. The maximum atomic E-state index is 11.2. The van der Waals surface area contributed by atoms with Gasteiger partial charge in [0.25, 0.3) is 9.05 Å². The molecular formula is C8H6ClIO4S. The lowest BCUT2D eigenvalue weighted by Gasteiger charge is -2.05. The van der Waals surface area contributed by atoms with Crippen molar-refractivity contribution in [2.24, 2.45) is 0 Å². The summed E-state index contributed by atoms with van der Waals surface area (Å²) in [6, 6.07) is 4.24. The Bertz CT molecular complexity index is 497. The number of ether oxygens (including phenoxy) is 1. The van der Waals surface area contributed by atoms with E-state index in [1.54, 1.807) is 22.6 Å². The molecule has 0 saturated carbocycles. The summed E-state index contributed by atoms with van der Waals surface area (Å²) in [4.78, 5) is 11.2. The molecule has 1 rings (SSSR count). The lowest BCUT2D eigenvalue weighted by molar-refractivity contribution is 0.0599. The highest BCUT2D eigenvalue weighted by Crippen LogP contribution is 2.25. The summed E-state index contributed by atoms with van der Waals surface area (Å²) >= 11 is 1.74. The Labute approximate surface area is 105 Å². The van der Waals surface area contributed by atoms with Gasteiger partial charge in [-0.2, -0.15) is 0 Å². The number of methoxy groups -OCH3 is 1. The van der Waals surface area contributed by atoms with Gasteiger partial charge in [0.1, 0.15) is 0 Å². The van der Waals surface area contributed by atoms with Crippen LogP contribution in [0, 0.1) is 3.57 Å². The third-order valence-electron chi connectivity index (χ3n) is 1.63. The molecule has 0 aliphatic carbocycles. The molecule has 0 spiro atoms. The lowest BCUT2D eigenvalue weighted by Crippen LogP contribution is -2.06. The third-order valence-corrected chi connectivity index (χ3v) is 4.52. The summed E-state index contributed by atoms with van der Waals surface area (Å²) in [5, 5.41) is 0. The lowest BCUT2D eigenvalue weighted by atomic mass is 10.2. The van der Waals surface area contributed by atoms with E-state index in [1.165, 1.54) is 25.3 Å². The van der Waals surface area contributed by atoms with E-state index in [2.05, 4.69) is 4.74 Å². The highest BCUT2D eigenvalue weighted by atomic mass is 127. The zero-order valence-electron chi connectivity index (χ0n) is 7.53. The molecule has 15 heavy (non-hydrogen) atoms. The van der Waals surface area contributed by atoms with Gasteiger partial charge in [0.15, 0.2) is 0 Å². The van der Waals surface area contributed by atoms with Crippen LogP contribution in [-0.4, -0.2) is 21.5 Å². The van der Waals surface area contributed by atoms with Gasteiger partial charge in [-0.15, -0.1) is 0 Å². The van der Waals surface area contributed by atoms with Crippen LogP contribution in [0.3, 0.4) is 0 Å². The van der Waals surface area contributed by atoms with Crippen LogP contribution in [0.4, 0.5) is 0 Å². The Morgan fingerprint density at radius 2 is 2.07 bits per heavy atom.